The van der Waals surface area contributed by atoms with Gasteiger partial charge < -0.3 is 5.32 Å². The summed E-state index contributed by atoms with van der Waals surface area (Å²) in [6.45, 7) is 1.89. The summed E-state index contributed by atoms with van der Waals surface area (Å²) in [5.41, 5.74) is 0.842. The molecule has 1 aromatic heterocycles. The highest BCUT2D eigenvalue weighted by molar-refractivity contribution is 7.11. The molecule has 1 amide bonds. The van der Waals surface area contributed by atoms with E-state index in [1.807, 2.05) is 6.92 Å². The summed E-state index contributed by atoms with van der Waals surface area (Å²) in [6, 6.07) is -0.227. The number of carbonyl (C=O) groups excluding carboxylic acids is 1. The molecule has 2 rings (SSSR count). The minimum absolute atomic E-state index is 0.227. The van der Waals surface area contributed by atoms with E-state index in [4.69, 9.17) is 0 Å². The van der Waals surface area contributed by atoms with Gasteiger partial charge in [-0.25, -0.2) is 4.98 Å². The quantitative estimate of drug-likeness (QED) is 0.929. The van der Waals surface area contributed by atoms with Crippen molar-refractivity contribution in [3.8, 4) is 0 Å². The maximum Gasteiger partial charge on any atom is 0.389 e. The molecule has 0 aromatic carbocycles. The molecule has 0 unspecified atom stereocenters. The molecule has 0 saturated carbocycles. The first kappa shape index (κ1) is 14.3. The summed E-state index contributed by atoms with van der Waals surface area (Å²) in [5, 5.41) is 3.60. The number of hydrogen-bond donors (Lipinski definition) is 1. The molecule has 1 N–H and O–H groups in total. The molecular formula is C12H15F3N2OS. The van der Waals surface area contributed by atoms with Gasteiger partial charge in [0.1, 0.15) is 0 Å². The average Bonchev–Trinajstić information content (AvgIpc) is 2.67. The second kappa shape index (κ2) is 5.48. The largest absolute Gasteiger partial charge is 0.389 e. The molecule has 0 fully saturated rings. The number of rotatable bonds is 3. The molecule has 106 valence electrons. The summed E-state index contributed by atoms with van der Waals surface area (Å²) in [5.74, 6) is -0.555. The lowest BCUT2D eigenvalue weighted by atomic mass is 9.97. The van der Waals surface area contributed by atoms with Crippen molar-refractivity contribution in [2.24, 2.45) is 0 Å². The third-order valence-corrected chi connectivity index (χ3v) is 4.08. The van der Waals surface area contributed by atoms with Crippen LogP contribution >= 0.6 is 11.3 Å². The number of hydrogen-bond acceptors (Lipinski definition) is 3. The third kappa shape index (κ3) is 3.92. The van der Waals surface area contributed by atoms with Crippen molar-refractivity contribution >= 4 is 17.2 Å². The van der Waals surface area contributed by atoms with Gasteiger partial charge in [-0.05, 0) is 26.2 Å². The van der Waals surface area contributed by atoms with Gasteiger partial charge in [0.05, 0.1) is 23.2 Å². The van der Waals surface area contributed by atoms with Gasteiger partial charge in [-0.2, -0.15) is 13.2 Å². The fraction of sp³-hybridized carbons (Fsp3) is 0.667. The van der Waals surface area contributed by atoms with Crippen molar-refractivity contribution in [3.63, 3.8) is 0 Å². The van der Waals surface area contributed by atoms with Gasteiger partial charge in [0.15, 0.2) is 0 Å². The third-order valence-electron chi connectivity index (χ3n) is 3.03. The smallest absolute Gasteiger partial charge is 0.348 e. The van der Waals surface area contributed by atoms with Crippen molar-refractivity contribution in [1.82, 2.24) is 10.3 Å². The van der Waals surface area contributed by atoms with Crippen LogP contribution in [0.1, 0.15) is 47.3 Å². The lowest BCUT2D eigenvalue weighted by molar-refractivity contribution is -0.144. The Labute approximate surface area is 113 Å². The van der Waals surface area contributed by atoms with Crippen LogP contribution in [-0.4, -0.2) is 17.1 Å². The second-order valence-electron chi connectivity index (χ2n) is 4.67. The van der Waals surface area contributed by atoms with Crippen LogP contribution in [0.15, 0.2) is 0 Å². The highest BCUT2D eigenvalue weighted by atomic mass is 32.1. The second-order valence-corrected chi connectivity index (χ2v) is 5.96. The van der Waals surface area contributed by atoms with E-state index < -0.39 is 24.9 Å². The van der Waals surface area contributed by atoms with E-state index in [0.29, 0.717) is 0 Å². The van der Waals surface area contributed by atoms with Gasteiger partial charge in [0, 0.05) is 11.3 Å². The minimum atomic E-state index is -4.29. The Balaban J connectivity index is 1.95. The maximum absolute atomic E-state index is 12.0. The maximum atomic E-state index is 12.0. The van der Waals surface area contributed by atoms with Gasteiger partial charge in [0.25, 0.3) is 0 Å². The number of aromatic nitrogens is 1. The summed E-state index contributed by atoms with van der Waals surface area (Å²) >= 11 is 1.60. The fourth-order valence-corrected chi connectivity index (χ4v) is 3.24. The lowest BCUT2D eigenvalue weighted by Gasteiger charge is -2.22. The predicted molar refractivity (Wildman–Crippen MR) is 66.0 cm³/mol. The zero-order chi connectivity index (χ0) is 14.0. The number of carbonyl (C=O) groups is 1. The predicted octanol–water partition coefficient (Wildman–Crippen LogP) is 3.29. The van der Waals surface area contributed by atoms with E-state index in [9.17, 15) is 18.0 Å². The Morgan fingerprint density at radius 1 is 1.53 bits per heavy atom. The molecule has 7 heteroatoms. The molecule has 0 spiro atoms. The number of fused-ring (bicyclic) bond motifs is 1. The molecule has 0 aliphatic heterocycles. The molecule has 1 aliphatic rings. The first-order chi connectivity index (χ1) is 8.85. The molecule has 0 bridgehead atoms. The Hall–Kier alpha value is -1.11. The normalized spacial score (nSPS) is 19.1. The van der Waals surface area contributed by atoms with Crippen molar-refractivity contribution in [2.75, 3.05) is 0 Å². The van der Waals surface area contributed by atoms with Gasteiger partial charge in [-0.15, -0.1) is 11.3 Å². The van der Waals surface area contributed by atoms with Crippen LogP contribution in [0.3, 0.4) is 0 Å². The number of aryl methyl sites for hydroxylation is 2. The summed E-state index contributed by atoms with van der Waals surface area (Å²) < 4.78 is 36.1. The zero-order valence-corrected chi connectivity index (χ0v) is 11.3. The zero-order valence-electron chi connectivity index (χ0n) is 10.5. The molecule has 3 nitrogen and oxygen atoms in total. The van der Waals surface area contributed by atoms with E-state index in [0.717, 1.165) is 34.8 Å². The topological polar surface area (TPSA) is 42.0 Å². The summed E-state index contributed by atoms with van der Waals surface area (Å²) in [7, 11) is 0. The van der Waals surface area contributed by atoms with E-state index in [2.05, 4.69) is 10.3 Å². The van der Waals surface area contributed by atoms with Gasteiger partial charge in [-0.3, -0.25) is 4.79 Å². The molecule has 0 saturated heterocycles. The SMILES string of the molecule is Cc1nc2c(s1)CCC[C@@H]2NC(=O)CCC(F)(F)F. The van der Waals surface area contributed by atoms with Crippen LogP contribution in [0.4, 0.5) is 13.2 Å². The Bertz CT molecular complexity index is 470. The number of amides is 1. The van der Waals surface area contributed by atoms with Crippen molar-refractivity contribution in [3.05, 3.63) is 15.6 Å². The Morgan fingerprint density at radius 2 is 2.26 bits per heavy atom. The minimum Gasteiger partial charge on any atom is -0.348 e. The average molecular weight is 292 g/mol. The molecular weight excluding hydrogens is 277 g/mol. The standard InChI is InChI=1S/C12H15F3N2OS/c1-7-16-11-8(3-2-4-9(11)19-7)17-10(18)5-6-12(13,14)15/h8H,2-6H2,1H3,(H,17,18)/t8-/m0/s1. The Kier molecular flexibility index (Phi) is 4.13. The van der Waals surface area contributed by atoms with Crippen LogP contribution in [0.2, 0.25) is 0 Å². The van der Waals surface area contributed by atoms with Gasteiger partial charge in [0.2, 0.25) is 5.91 Å². The van der Waals surface area contributed by atoms with Gasteiger partial charge in [-0.1, -0.05) is 0 Å². The molecule has 1 atom stereocenters. The number of thiazole rings is 1. The van der Waals surface area contributed by atoms with Crippen LogP contribution in [-0.2, 0) is 11.2 Å². The monoisotopic (exact) mass is 292 g/mol. The number of nitrogens with zero attached hydrogens (tertiary/aromatic N) is 1. The Morgan fingerprint density at radius 3 is 2.95 bits per heavy atom. The summed E-state index contributed by atoms with van der Waals surface area (Å²) in [4.78, 5) is 17.1. The van der Waals surface area contributed by atoms with Crippen LogP contribution in [0, 0.1) is 6.92 Å². The van der Waals surface area contributed by atoms with E-state index in [1.54, 1.807) is 11.3 Å². The fourth-order valence-electron chi connectivity index (χ4n) is 2.20. The first-order valence-corrected chi connectivity index (χ1v) is 6.99. The van der Waals surface area contributed by atoms with Crippen molar-refractivity contribution in [1.29, 1.82) is 0 Å². The molecule has 1 heterocycles. The van der Waals surface area contributed by atoms with Crippen molar-refractivity contribution < 1.29 is 18.0 Å². The molecule has 1 aromatic rings. The van der Waals surface area contributed by atoms with Crippen LogP contribution in [0.25, 0.3) is 0 Å². The molecule has 0 radical (unpaired) electrons. The first-order valence-electron chi connectivity index (χ1n) is 6.17. The van der Waals surface area contributed by atoms with Crippen molar-refractivity contribution in [2.45, 2.75) is 51.2 Å². The van der Waals surface area contributed by atoms with Crippen LogP contribution in [0.5, 0.6) is 0 Å². The van der Waals surface area contributed by atoms with Gasteiger partial charge >= 0.3 is 6.18 Å². The van der Waals surface area contributed by atoms with E-state index >= 15 is 0 Å². The van der Waals surface area contributed by atoms with Crippen LogP contribution < -0.4 is 5.32 Å². The highest BCUT2D eigenvalue weighted by Gasteiger charge is 2.30. The van der Waals surface area contributed by atoms with E-state index in [-0.39, 0.29) is 6.04 Å². The number of alkyl halides is 3. The summed E-state index contributed by atoms with van der Waals surface area (Å²) in [6.07, 6.45) is -3.26. The highest BCUT2D eigenvalue weighted by Crippen LogP contribution is 2.33. The molecule has 1 aliphatic carbocycles. The number of halogens is 3. The lowest BCUT2D eigenvalue weighted by Crippen LogP contribution is -2.31. The van der Waals surface area contributed by atoms with E-state index in [1.165, 1.54) is 0 Å². The molecule has 19 heavy (non-hydrogen) atoms. The number of nitrogens with one attached hydrogen (secondary N) is 1.